The fourth-order valence-electron chi connectivity index (χ4n) is 1.98. The standard InChI is InChI=1S/C16H19FN2O.ClH/c1-2-3-9-20-15-10-13(17)6-7-14(15)16-12(11-18)5-4-8-19-16;/h4-8,10H,2-3,9,11,18H2,1H3;1H. The van der Waals surface area contributed by atoms with Crippen LogP contribution in [0.3, 0.4) is 0 Å². The molecule has 2 N–H and O–H groups in total. The molecule has 114 valence electrons. The molecule has 0 bridgehead atoms. The second-order valence-corrected chi connectivity index (χ2v) is 4.56. The molecule has 0 spiro atoms. The first-order valence-corrected chi connectivity index (χ1v) is 6.83. The largest absolute Gasteiger partial charge is 0.493 e. The lowest BCUT2D eigenvalue weighted by Gasteiger charge is -2.13. The average molecular weight is 311 g/mol. The van der Waals surface area contributed by atoms with Crippen LogP contribution in [0, 0.1) is 5.82 Å². The molecule has 2 aromatic rings. The molecule has 0 atom stereocenters. The molecule has 0 radical (unpaired) electrons. The monoisotopic (exact) mass is 310 g/mol. The Morgan fingerprint density at radius 1 is 1.29 bits per heavy atom. The lowest BCUT2D eigenvalue weighted by atomic mass is 10.0. The summed E-state index contributed by atoms with van der Waals surface area (Å²) in [7, 11) is 0. The van der Waals surface area contributed by atoms with E-state index < -0.39 is 0 Å². The highest BCUT2D eigenvalue weighted by molar-refractivity contribution is 5.85. The van der Waals surface area contributed by atoms with Crippen molar-refractivity contribution in [3.63, 3.8) is 0 Å². The third-order valence-electron chi connectivity index (χ3n) is 3.07. The van der Waals surface area contributed by atoms with Crippen LogP contribution in [0.15, 0.2) is 36.5 Å². The number of nitrogens with two attached hydrogens (primary N) is 1. The lowest BCUT2D eigenvalue weighted by Crippen LogP contribution is -2.03. The van der Waals surface area contributed by atoms with Crippen LogP contribution in [0.5, 0.6) is 5.75 Å². The number of ether oxygens (including phenoxy) is 1. The molecule has 0 saturated heterocycles. The Kier molecular flexibility index (Phi) is 7.12. The summed E-state index contributed by atoms with van der Waals surface area (Å²) in [6.45, 7) is 3.04. The summed E-state index contributed by atoms with van der Waals surface area (Å²) >= 11 is 0. The molecule has 1 aromatic carbocycles. The van der Waals surface area contributed by atoms with Gasteiger partial charge in [-0.15, -0.1) is 12.4 Å². The van der Waals surface area contributed by atoms with Gasteiger partial charge in [0.25, 0.3) is 0 Å². The zero-order chi connectivity index (χ0) is 14.4. The van der Waals surface area contributed by atoms with Crippen LogP contribution >= 0.6 is 12.4 Å². The molecule has 0 aliphatic carbocycles. The van der Waals surface area contributed by atoms with Crippen LogP contribution in [-0.2, 0) is 6.54 Å². The molecule has 0 unspecified atom stereocenters. The first kappa shape index (κ1) is 17.4. The summed E-state index contributed by atoms with van der Waals surface area (Å²) in [5.41, 5.74) is 8.18. The van der Waals surface area contributed by atoms with E-state index in [9.17, 15) is 4.39 Å². The Morgan fingerprint density at radius 2 is 2.10 bits per heavy atom. The van der Waals surface area contributed by atoms with E-state index >= 15 is 0 Å². The predicted octanol–water partition coefficient (Wildman–Crippen LogP) is 3.95. The van der Waals surface area contributed by atoms with Crippen LogP contribution in [0.25, 0.3) is 11.3 Å². The molecule has 0 aliphatic heterocycles. The van der Waals surface area contributed by atoms with E-state index in [0.29, 0.717) is 18.9 Å². The molecule has 5 heteroatoms. The molecule has 21 heavy (non-hydrogen) atoms. The quantitative estimate of drug-likeness (QED) is 0.822. The van der Waals surface area contributed by atoms with Gasteiger partial charge in [-0.2, -0.15) is 0 Å². The number of halogens is 2. The van der Waals surface area contributed by atoms with Crippen molar-refractivity contribution in [1.29, 1.82) is 0 Å². The van der Waals surface area contributed by atoms with E-state index in [4.69, 9.17) is 10.5 Å². The second kappa shape index (κ2) is 8.60. The SMILES string of the molecule is CCCCOc1cc(F)ccc1-c1ncccc1CN.Cl. The third kappa shape index (κ3) is 4.41. The molecule has 0 aliphatic rings. The predicted molar refractivity (Wildman–Crippen MR) is 85.2 cm³/mol. The highest BCUT2D eigenvalue weighted by atomic mass is 35.5. The Bertz CT molecular complexity index is 578. The van der Waals surface area contributed by atoms with Gasteiger partial charge in [-0.25, -0.2) is 4.39 Å². The Labute approximate surface area is 130 Å². The Morgan fingerprint density at radius 3 is 2.81 bits per heavy atom. The summed E-state index contributed by atoms with van der Waals surface area (Å²) in [6.07, 6.45) is 3.66. The normalized spacial score (nSPS) is 10.0. The number of aromatic nitrogens is 1. The maximum atomic E-state index is 13.4. The maximum absolute atomic E-state index is 13.4. The highest BCUT2D eigenvalue weighted by Gasteiger charge is 2.12. The minimum absolute atomic E-state index is 0. The number of hydrogen-bond donors (Lipinski definition) is 1. The van der Waals surface area contributed by atoms with Crippen LogP contribution in [0.2, 0.25) is 0 Å². The van der Waals surface area contributed by atoms with Crippen molar-refractivity contribution in [2.24, 2.45) is 5.73 Å². The molecule has 0 fully saturated rings. The smallest absolute Gasteiger partial charge is 0.131 e. The number of rotatable bonds is 6. The third-order valence-corrected chi connectivity index (χ3v) is 3.07. The van der Waals surface area contributed by atoms with Gasteiger partial charge in [0.15, 0.2) is 0 Å². The lowest BCUT2D eigenvalue weighted by molar-refractivity contribution is 0.309. The molecule has 0 amide bonds. The maximum Gasteiger partial charge on any atom is 0.131 e. The summed E-state index contributed by atoms with van der Waals surface area (Å²) in [5, 5.41) is 0. The van der Waals surface area contributed by atoms with Gasteiger partial charge in [0.1, 0.15) is 11.6 Å². The minimum atomic E-state index is -0.314. The van der Waals surface area contributed by atoms with Crippen molar-refractivity contribution < 1.29 is 9.13 Å². The van der Waals surface area contributed by atoms with Crippen molar-refractivity contribution in [2.75, 3.05) is 6.61 Å². The zero-order valence-electron chi connectivity index (χ0n) is 12.0. The van der Waals surface area contributed by atoms with Crippen LogP contribution in [0.1, 0.15) is 25.3 Å². The topological polar surface area (TPSA) is 48.1 Å². The summed E-state index contributed by atoms with van der Waals surface area (Å²) in [6, 6.07) is 8.27. The highest BCUT2D eigenvalue weighted by Crippen LogP contribution is 2.31. The molecule has 0 saturated carbocycles. The van der Waals surface area contributed by atoms with E-state index in [1.54, 1.807) is 12.3 Å². The van der Waals surface area contributed by atoms with Crippen molar-refractivity contribution in [3.8, 4) is 17.0 Å². The molecule has 2 rings (SSSR count). The minimum Gasteiger partial charge on any atom is -0.493 e. The van der Waals surface area contributed by atoms with Gasteiger partial charge in [0.2, 0.25) is 0 Å². The van der Waals surface area contributed by atoms with Crippen molar-refractivity contribution >= 4 is 12.4 Å². The molecular weight excluding hydrogens is 291 g/mol. The fourth-order valence-corrected chi connectivity index (χ4v) is 1.98. The van der Waals surface area contributed by atoms with Gasteiger partial charge in [0, 0.05) is 24.4 Å². The number of unbranched alkanes of at least 4 members (excludes halogenated alkanes) is 1. The van der Waals surface area contributed by atoms with Gasteiger partial charge in [-0.3, -0.25) is 4.98 Å². The molecule has 1 heterocycles. The zero-order valence-corrected chi connectivity index (χ0v) is 12.8. The van der Waals surface area contributed by atoms with Crippen molar-refractivity contribution in [3.05, 3.63) is 47.9 Å². The Hall–Kier alpha value is -1.65. The summed E-state index contributed by atoms with van der Waals surface area (Å²) in [4.78, 5) is 4.36. The molecular formula is C16H20ClFN2O. The Balaban J connectivity index is 0.00000220. The van der Waals surface area contributed by atoms with Crippen molar-refractivity contribution in [2.45, 2.75) is 26.3 Å². The number of benzene rings is 1. The second-order valence-electron chi connectivity index (χ2n) is 4.56. The van der Waals surface area contributed by atoms with E-state index in [0.717, 1.165) is 29.7 Å². The van der Waals surface area contributed by atoms with E-state index in [1.807, 2.05) is 12.1 Å². The molecule has 1 aromatic heterocycles. The van der Waals surface area contributed by atoms with Gasteiger partial charge in [0.05, 0.1) is 12.3 Å². The van der Waals surface area contributed by atoms with Gasteiger partial charge >= 0.3 is 0 Å². The van der Waals surface area contributed by atoms with Gasteiger partial charge < -0.3 is 10.5 Å². The van der Waals surface area contributed by atoms with E-state index in [2.05, 4.69) is 11.9 Å². The van der Waals surface area contributed by atoms with Crippen molar-refractivity contribution in [1.82, 2.24) is 4.98 Å². The average Bonchev–Trinajstić information content (AvgIpc) is 2.48. The summed E-state index contributed by atoms with van der Waals surface area (Å²) < 4.78 is 19.1. The fraction of sp³-hybridized carbons (Fsp3) is 0.312. The number of nitrogens with zero attached hydrogens (tertiary/aromatic N) is 1. The number of pyridine rings is 1. The van der Waals surface area contributed by atoms with E-state index in [1.165, 1.54) is 12.1 Å². The number of hydrogen-bond acceptors (Lipinski definition) is 3. The van der Waals surface area contributed by atoms with E-state index in [-0.39, 0.29) is 18.2 Å². The first-order valence-electron chi connectivity index (χ1n) is 6.83. The van der Waals surface area contributed by atoms with Gasteiger partial charge in [-0.1, -0.05) is 19.4 Å². The van der Waals surface area contributed by atoms with Crippen LogP contribution in [-0.4, -0.2) is 11.6 Å². The van der Waals surface area contributed by atoms with Crippen LogP contribution in [0.4, 0.5) is 4.39 Å². The van der Waals surface area contributed by atoms with Crippen LogP contribution < -0.4 is 10.5 Å². The first-order chi connectivity index (χ1) is 9.76. The molecule has 3 nitrogen and oxygen atoms in total. The van der Waals surface area contributed by atoms with Gasteiger partial charge in [-0.05, 0) is 30.2 Å². The summed E-state index contributed by atoms with van der Waals surface area (Å²) in [5.74, 6) is 0.206.